The molecular weight excluding hydrogens is 408 g/mol. The molecule has 1 saturated carbocycles. The van der Waals surface area contributed by atoms with E-state index in [1.807, 2.05) is 0 Å². The monoisotopic (exact) mass is 426 g/mol. The molecule has 0 bridgehead atoms. The number of halogens is 2. The highest BCUT2D eigenvalue weighted by atomic mass is 79.9. The Balaban J connectivity index is 0.00000192. The van der Waals surface area contributed by atoms with E-state index in [0.717, 1.165) is 25.7 Å². The number of sulfonamides is 1. The molecule has 1 aliphatic carbocycles. The zero-order valence-corrected chi connectivity index (χ0v) is 15.7. The third-order valence-electron chi connectivity index (χ3n) is 3.98. The van der Waals surface area contributed by atoms with Crippen molar-refractivity contribution >= 4 is 38.4 Å². The molecule has 1 aromatic rings. The third kappa shape index (κ3) is 4.30. The van der Waals surface area contributed by atoms with Crippen molar-refractivity contribution in [3.8, 4) is 11.5 Å². The maximum Gasteiger partial charge on any atom is 0.242 e. The second-order valence-electron chi connectivity index (χ2n) is 5.66. The molecule has 6 nitrogen and oxygen atoms in total. The first-order chi connectivity index (χ1) is 10.5. The van der Waals surface area contributed by atoms with Gasteiger partial charge < -0.3 is 15.2 Å². The van der Waals surface area contributed by atoms with Crippen LogP contribution in [0.25, 0.3) is 0 Å². The summed E-state index contributed by atoms with van der Waals surface area (Å²) in [4.78, 5) is 0.173. The number of fused-ring (bicyclic) bond motifs is 1. The average molecular weight is 428 g/mol. The molecule has 3 N–H and O–H groups in total. The Morgan fingerprint density at radius 2 is 1.65 bits per heavy atom. The van der Waals surface area contributed by atoms with E-state index in [4.69, 9.17) is 15.2 Å². The van der Waals surface area contributed by atoms with Crippen LogP contribution in [-0.2, 0) is 10.0 Å². The largest absolute Gasteiger partial charge is 0.486 e. The normalized spacial score (nSPS) is 23.9. The minimum atomic E-state index is -3.61. The number of hydrogen-bond donors (Lipinski definition) is 2. The topological polar surface area (TPSA) is 90.7 Å². The van der Waals surface area contributed by atoms with Crippen molar-refractivity contribution in [2.45, 2.75) is 42.7 Å². The minimum Gasteiger partial charge on any atom is -0.486 e. The number of nitrogens with one attached hydrogen (secondary N) is 1. The average Bonchev–Trinajstić information content (AvgIpc) is 2.48. The van der Waals surface area contributed by atoms with Gasteiger partial charge in [0.2, 0.25) is 10.0 Å². The van der Waals surface area contributed by atoms with Crippen molar-refractivity contribution in [2.24, 2.45) is 5.73 Å². The van der Waals surface area contributed by atoms with Gasteiger partial charge in [0.15, 0.2) is 11.5 Å². The van der Waals surface area contributed by atoms with Crippen LogP contribution in [0.2, 0.25) is 0 Å². The second-order valence-corrected chi connectivity index (χ2v) is 8.20. The SMILES string of the molecule is Cl.NC1CCC(NS(=O)(=O)c2cc3c(cc2Br)OCCO3)CC1. The van der Waals surface area contributed by atoms with Crippen molar-refractivity contribution in [3.05, 3.63) is 16.6 Å². The number of benzene rings is 1. The van der Waals surface area contributed by atoms with Gasteiger partial charge in [-0.05, 0) is 47.7 Å². The molecule has 1 heterocycles. The highest BCUT2D eigenvalue weighted by Crippen LogP contribution is 2.37. The van der Waals surface area contributed by atoms with Crippen LogP contribution in [0, 0.1) is 0 Å². The molecule has 0 saturated heterocycles. The standard InChI is InChI=1S/C14H19BrN2O4S.ClH/c15-11-7-12-13(21-6-5-20-12)8-14(11)22(18,19)17-10-3-1-9(16)2-4-10;/h7-10,17H,1-6,16H2;1H. The number of nitrogens with two attached hydrogens (primary N) is 1. The molecule has 1 fully saturated rings. The molecule has 0 aromatic heterocycles. The van der Waals surface area contributed by atoms with Gasteiger partial charge in [-0.2, -0.15) is 0 Å². The molecule has 0 radical (unpaired) electrons. The van der Waals surface area contributed by atoms with E-state index in [1.165, 1.54) is 6.07 Å². The van der Waals surface area contributed by atoms with E-state index >= 15 is 0 Å². The van der Waals surface area contributed by atoms with Crippen molar-refractivity contribution < 1.29 is 17.9 Å². The van der Waals surface area contributed by atoms with Crippen LogP contribution in [0.15, 0.2) is 21.5 Å². The van der Waals surface area contributed by atoms with Crippen molar-refractivity contribution in [2.75, 3.05) is 13.2 Å². The van der Waals surface area contributed by atoms with Gasteiger partial charge in [-0.25, -0.2) is 13.1 Å². The summed E-state index contributed by atoms with van der Waals surface area (Å²) in [5.41, 5.74) is 5.86. The van der Waals surface area contributed by atoms with Gasteiger partial charge in [0.05, 0.1) is 0 Å². The third-order valence-corrected chi connectivity index (χ3v) is 6.46. The van der Waals surface area contributed by atoms with E-state index in [9.17, 15) is 8.42 Å². The number of rotatable bonds is 3. The maximum atomic E-state index is 12.6. The highest BCUT2D eigenvalue weighted by molar-refractivity contribution is 9.10. The molecule has 0 unspecified atom stereocenters. The fourth-order valence-electron chi connectivity index (χ4n) is 2.77. The van der Waals surface area contributed by atoms with E-state index in [0.29, 0.717) is 29.2 Å². The van der Waals surface area contributed by atoms with Gasteiger partial charge in [0, 0.05) is 22.6 Å². The molecule has 2 aliphatic rings. The summed E-state index contributed by atoms with van der Waals surface area (Å²) < 4.78 is 39.4. The first-order valence-electron chi connectivity index (χ1n) is 7.33. The summed E-state index contributed by atoms with van der Waals surface area (Å²) >= 11 is 3.31. The predicted octanol–water partition coefficient (Wildman–Crippen LogP) is 2.19. The van der Waals surface area contributed by atoms with Crippen molar-refractivity contribution in [3.63, 3.8) is 0 Å². The molecule has 130 valence electrons. The molecule has 1 aliphatic heterocycles. The van der Waals surface area contributed by atoms with E-state index in [-0.39, 0.29) is 29.4 Å². The minimum absolute atomic E-state index is 0. The fraction of sp³-hybridized carbons (Fsp3) is 0.571. The Kier molecular flexibility index (Phi) is 6.18. The number of hydrogen-bond acceptors (Lipinski definition) is 5. The summed E-state index contributed by atoms with van der Waals surface area (Å²) in [5, 5.41) is 0. The molecule has 1 aromatic carbocycles. The van der Waals surface area contributed by atoms with Crippen LogP contribution < -0.4 is 19.9 Å². The maximum absolute atomic E-state index is 12.6. The lowest BCUT2D eigenvalue weighted by Gasteiger charge is -2.27. The summed E-state index contributed by atoms with van der Waals surface area (Å²) in [6, 6.07) is 3.27. The van der Waals surface area contributed by atoms with Gasteiger partial charge in [0.1, 0.15) is 18.1 Å². The summed E-state index contributed by atoms with van der Waals surface area (Å²) in [6.45, 7) is 0.883. The lowest BCUT2D eigenvalue weighted by atomic mass is 9.93. The Hall–Kier alpha value is -0.540. The van der Waals surface area contributed by atoms with E-state index < -0.39 is 10.0 Å². The molecule has 9 heteroatoms. The Morgan fingerprint density at radius 1 is 1.09 bits per heavy atom. The molecule has 3 rings (SSSR count). The van der Waals surface area contributed by atoms with Crippen LogP contribution >= 0.6 is 28.3 Å². The van der Waals surface area contributed by atoms with Crippen molar-refractivity contribution in [1.82, 2.24) is 4.72 Å². The molecule has 0 spiro atoms. The first kappa shape index (κ1) is 18.8. The Labute approximate surface area is 150 Å². The van der Waals surface area contributed by atoms with Crippen LogP contribution in [0.1, 0.15) is 25.7 Å². The number of ether oxygens (including phenoxy) is 2. The summed E-state index contributed by atoms with van der Waals surface area (Å²) in [5.74, 6) is 1.02. The Bertz CT molecular complexity index is 663. The van der Waals surface area contributed by atoms with Gasteiger partial charge in [-0.15, -0.1) is 12.4 Å². The smallest absolute Gasteiger partial charge is 0.242 e. The molecule has 0 amide bonds. The highest BCUT2D eigenvalue weighted by Gasteiger charge is 2.27. The van der Waals surface area contributed by atoms with Crippen LogP contribution in [-0.4, -0.2) is 33.7 Å². The van der Waals surface area contributed by atoms with Gasteiger partial charge in [-0.3, -0.25) is 0 Å². The Morgan fingerprint density at radius 3 is 2.26 bits per heavy atom. The predicted molar refractivity (Wildman–Crippen MR) is 92.9 cm³/mol. The van der Waals surface area contributed by atoms with Crippen LogP contribution in [0.3, 0.4) is 0 Å². The van der Waals surface area contributed by atoms with Gasteiger partial charge >= 0.3 is 0 Å². The zero-order chi connectivity index (χ0) is 15.7. The van der Waals surface area contributed by atoms with E-state index in [2.05, 4.69) is 20.7 Å². The quantitative estimate of drug-likeness (QED) is 0.771. The van der Waals surface area contributed by atoms with Gasteiger partial charge in [0.25, 0.3) is 0 Å². The first-order valence-corrected chi connectivity index (χ1v) is 9.60. The van der Waals surface area contributed by atoms with Crippen molar-refractivity contribution in [1.29, 1.82) is 0 Å². The lowest BCUT2D eigenvalue weighted by Crippen LogP contribution is -2.40. The molecule has 0 atom stereocenters. The van der Waals surface area contributed by atoms with Crippen LogP contribution in [0.4, 0.5) is 0 Å². The van der Waals surface area contributed by atoms with Crippen LogP contribution in [0.5, 0.6) is 11.5 Å². The molecule has 23 heavy (non-hydrogen) atoms. The summed E-state index contributed by atoms with van der Waals surface area (Å²) in [6.07, 6.45) is 3.22. The molecular formula is C14H20BrClN2O4S. The fourth-order valence-corrected chi connectivity index (χ4v) is 5.11. The van der Waals surface area contributed by atoms with Gasteiger partial charge in [-0.1, -0.05) is 0 Å². The lowest BCUT2D eigenvalue weighted by molar-refractivity contribution is 0.171. The summed E-state index contributed by atoms with van der Waals surface area (Å²) in [7, 11) is -3.61. The second kappa shape index (κ2) is 7.57. The zero-order valence-electron chi connectivity index (χ0n) is 12.5. The van der Waals surface area contributed by atoms with E-state index in [1.54, 1.807) is 6.07 Å².